The van der Waals surface area contributed by atoms with Crippen molar-refractivity contribution in [2.45, 2.75) is 19.9 Å². The van der Waals surface area contributed by atoms with Gasteiger partial charge in [-0.1, -0.05) is 4.21 Å². The molecule has 1 aliphatic rings. The number of hydrogen-bond donors (Lipinski definition) is 0. The highest BCUT2D eigenvalue weighted by Crippen LogP contribution is 2.30. The van der Waals surface area contributed by atoms with Crippen LogP contribution in [0.25, 0.3) is 11.3 Å². The summed E-state index contributed by atoms with van der Waals surface area (Å²) >= 11 is 0. The van der Waals surface area contributed by atoms with Crippen LogP contribution >= 0.6 is 0 Å². The molecule has 0 aliphatic carbocycles. The average Bonchev–Trinajstić information content (AvgIpc) is 2.53. The first-order valence-electron chi connectivity index (χ1n) is 7.34. The zero-order valence-corrected chi connectivity index (χ0v) is 14.2. The maximum atomic E-state index is 11.9. The Morgan fingerprint density at radius 3 is 2.57 bits per heavy atom. The third-order valence-electron chi connectivity index (χ3n) is 3.97. The average molecular weight is 333 g/mol. The van der Waals surface area contributed by atoms with Gasteiger partial charge in [-0.2, -0.15) is 0 Å². The maximum absolute atomic E-state index is 11.9. The molecule has 2 aromatic rings. The molecule has 7 heteroatoms. The summed E-state index contributed by atoms with van der Waals surface area (Å²) in [5.41, 5.74) is 3.55. The van der Waals surface area contributed by atoms with Crippen molar-refractivity contribution in [1.82, 2.24) is 14.3 Å². The first-order chi connectivity index (χ1) is 10.9. The van der Waals surface area contributed by atoms with Gasteiger partial charge in [0.25, 0.3) is 0 Å². The smallest absolute Gasteiger partial charge is 0.126 e. The summed E-state index contributed by atoms with van der Waals surface area (Å²) in [4.78, 5) is 9.05. The molecule has 23 heavy (non-hydrogen) atoms. The molecule has 1 aromatic heterocycles. The van der Waals surface area contributed by atoms with Crippen molar-refractivity contribution in [2.75, 3.05) is 19.9 Å². The first-order valence-corrected chi connectivity index (χ1v) is 9.19. The second-order valence-corrected chi connectivity index (χ2v) is 7.60. The van der Waals surface area contributed by atoms with Gasteiger partial charge >= 0.3 is 0 Å². The molecule has 0 N–H and O–H groups in total. The van der Waals surface area contributed by atoms with Crippen molar-refractivity contribution >= 4 is 10.4 Å². The molecule has 0 amide bonds. The monoisotopic (exact) mass is 333 g/mol. The SMILES string of the molecule is COc1ccc(-c2nc(C)nc3c2CN([S+](C)(=O)[O-])CC3)cc1. The van der Waals surface area contributed by atoms with Gasteiger partial charge < -0.3 is 9.29 Å². The number of rotatable bonds is 3. The van der Waals surface area contributed by atoms with E-state index in [-0.39, 0.29) is 0 Å². The Labute approximate surface area is 136 Å². The second kappa shape index (κ2) is 5.99. The van der Waals surface area contributed by atoms with E-state index in [9.17, 15) is 8.76 Å². The number of aryl methyl sites for hydroxylation is 1. The van der Waals surface area contributed by atoms with Crippen LogP contribution < -0.4 is 4.74 Å². The van der Waals surface area contributed by atoms with E-state index in [1.54, 1.807) is 7.11 Å². The minimum absolute atomic E-state index is 0.315. The molecule has 0 saturated carbocycles. The van der Waals surface area contributed by atoms with E-state index in [0.29, 0.717) is 25.3 Å². The predicted molar refractivity (Wildman–Crippen MR) is 87.6 cm³/mol. The van der Waals surface area contributed by atoms with Crippen molar-refractivity contribution in [3.05, 3.63) is 41.3 Å². The Balaban J connectivity index is 2.07. The summed E-state index contributed by atoms with van der Waals surface area (Å²) < 4.78 is 30.4. The quantitative estimate of drug-likeness (QED) is 0.803. The summed E-state index contributed by atoms with van der Waals surface area (Å²) in [5, 5.41) is 0. The summed E-state index contributed by atoms with van der Waals surface area (Å²) in [7, 11) is -1.61. The van der Waals surface area contributed by atoms with E-state index in [2.05, 4.69) is 9.97 Å². The molecular weight excluding hydrogens is 314 g/mol. The van der Waals surface area contributed by atoms with E-state index >= 15 is 0 Å². The second-order valence-electron chi connectivity index (χ2n) is 5.62. The molecule has 0 bridgehead atoms. The van der Waals surface area contributed by atoms with Crippen LogP contribution in [0, 0.1) is 6.92 Å². The molecule has 6 nitrogen and oxygen atoms in total. The summed E-state index contributed by atoms with van der Waals surface area (Å²) in [6, 6.07) is 7.60. The van der Waals surface area contributed by atoms with E-state index < -0.39 is 10.4 Å². The van der Waals surface area contributed by atoms with Crippen LogP contribution in [-0.4, -0.2) is 38.7 Å². The topological polar surface area (TPSA) is 78.4 Å². The normalized spacial score (nSPS) is 17.4. The van der Waals surface area contributed by atoms with Crippen molar-refractivity contribution in [3.63, 3.8) is 0 Å². The number of methoxy groups -OCH3 is 1. The van der Waals surface area contributed by atoms with E-state index in [1.165, 1.54) is 10.6 Å². The Bertz CT molecular complexity index is 771. The predicted octanol–water partition coefficient (Wildman–Crippen LogP) is 1.99. The lowest BCUT2D eigenvalue weighted by molar-refractivity contribution is 0.342. The van der Waals surface area contributed by atoms with Crippen LogP contribution in [-0.2, 0) is 27.6 Å². The molecule has 3 rings (SSSR count). The maximum Gasteiger partial charge on any atom is 0.126 e. The number of fused-ring (bicyclic) bond motifs is 1. The van der Waals surface area contributed by atoms with Crippen molar-refractivity contribution in [1.29, 1.82) is 0 Å². The van der Waals surface area contributed by atoms with Gasteiger partial charge in [0.15, 0.2) is 0 Å². The van der Waals surface area contributed by atoms with Gasteiger partial charge in [0.05, 0.1) is 25.0 Å². The molecule has 0 fully saturated rings. The van der Waals surface area contributed by atoms with Crippen LogP contribution in [0.5, 0.6) is 5.75 Å². The number of nitrogens with zero attached hydrogens (tertiary/aromatic N) is 3. The standard InChI is InChI=1S/C16H19N3O3S/c1-11-17-15-8-9-19(23(3,20)21)10-14(15)16(18-11)12-4-6-13(22-2)7-5-12/h4-7H,8-10H2,1-3H3. The Morgan fingerprint density at radius 1 is 1.26 bits per heavy atom. The zero-order chi connectivity index (χ0) is 16.6. The highest BCUT2D eigenvalue weighted by Gasteiger charge is 2.30. The molecule has 0 radical (unpaired) electrons. The fourth-order valence-electron chi connectivity index (χ4n) is 2.78. The number of aromatic nitrogens is 2. The fourth-order valence-corrected chi connectivity index (χ4v) is 3.57. The summed E-state index contributed by atoms with van der Waals surface area (Å²) in [6.45, 7) is 2.64. The zero-order valence-electron chi connectivity index (χ0n) is 13.4. The molecule has 1 aromatic carbocycles. The molecule has 1 aliphatic heterocycles. The molecule has 1 unspecified atom stereocenters. The lowest BCUT2D eigenvalue weighted by Crippen LogP contribution is -2.40. The number of hydrogen-bond acceptors (Lipinski definition) is 5. The highest BCUT2D eigenvalue weighted by atomic mass is 32.3. The van der Waals surface area contributed by atoms with Gasteiger partial charge in [-0.3, -0.25) is 0 Å². The van der Waals surface area contributed by atoms with Crippen LogP contribution in [0.4, 0.5) is 0 Å². The van der Waals surface area contributed by atoms with Crippen LogP contribution in [0.3, 0.4) is 0 Å². The third-order valence-corrected chi connectivity index (χ3v) is 5.22. The molecule has 2 heterocycles. The van der Waals surface area contributed by atoms with Crippen molar-refractivity contribution < 1.29 is 13.5 Å². The van der Waals surface area contributed by atoms with E-state index in [4.69, 9.17) is 4.74 Å². The Morgan fingerprint density at radius 2 is 1.96 bits per heavy atom. The van der Waals surface area contributed by atoms with Gasteiger partial charge in [0.1, 0.15) is 28.2 Å². The fraction of sp³-hybridized carbons (Fsp3) is 0.375. The number of ether oxygens (including phenoxy) is 1. The number of sulfonamides is 1. The van der Waals surface area contributed by atoms with Crippen molar-refractivity contribution in [2.24, 2.45) is 0 Å². The summed E-state index contributed by atoms with van der Waals surface area (Å²) in [6.07, 6.45) is 1.84. The molecule has 1 atom stereocenters. The van der Waals surface area contributed by atoms with Crippen molar-refractivity contribution in [3.8, 4) is 17.0 Å². The summed E-state index contributed by atoms with van der Waals surface area (Å²) in [5.74, 6) is 1.47. The third kappa shape index (κ3) is 3.26. The first kappa shape index (κ1) is 16.0. The molecule has 0 saturated heterocycles. The minimum Gasteiger partial charge on any atom is -0.598 e. The lowest BCUT2D eigenvalue weighted by Gasteiger charge is -2.30. The number of benzene rings is 1. The van der Waals surface area contributed by atoms with E-state index in [0.717, 1.165) is 28.3 Å². The van der Waals surface area contributed by atoms with Crippen LogP contribution in [0.2, 0.25) is 0 Å². The minimum atomic E-state index is -3.23. The van der Waals surface area contributed by atoms with Gasteiger partial charge in [-0.05, 0) is 31.2 Å². The molecular formula is C16H19N3O3S. The Hall–Kier alpha value is -1.83. The lowest BCUT2D eigenvalue weighted by atomic mass is 10.00. The molecule has 0 spiro atoms. The van der Waals surface area contributed by atoms with Gasteiger partial charge in [-0.15, -0.1) is 4.31 Å². The highest BCUT2D eigenvalue weighted by molar-refractivity contribution is 7.94. The van der Waals surface area contributed by atoms with Crippen LogP contribution in [0.15, 0.2) is 24.3 Å². The van der Waals surface area contributed by atoms with Gasteiger partial charge in [0, 0.05) is 24.1 Å². The van der Waals surface area contributed by atoms with Gasteiger partial charge in [0.2, 0.25) is 0 Å². The van der Waals surface area contributed by atoms with E-state index in [1.807, 2.05) is 31.2 Å². The van der Waals surface area contributed by atoms with Crippen LogP contribution in [0.1, 0.15) is 17.1 Å². The Kier molecular flexibility index (Phi) is 4.18. The molecule has 122 valence electrons. The van der Waals surface area contributed by atoms with Gasteiger partial charge in [-0.25, -0.2) is 9.97 Å². The largest absolute Gasteiger partial charge is 0.598 e.